The van der Waals surface area contributed by atoms with Crippen LogP contribution in [-0.4, -0.2) is 54.6 Å². The lowest BCUT2D eigenvalue weighted by Gasteiger charge is -2.37. The topological polar surface area (TPSA) is 114 Å². The molecule has 0 aromatic heterocycles. The summed E-state index contributed by atoms with van der Waals surface area (Å²) in [6.45, 7) is -0.370. The highest BCUT2D eigenvalue weighted by molar-refractivity contribution is 5.92. The quantitative estimate of drug-likeness (QED) is 0.167. The standard InChI is InChI=1S/C36H30O9/c37-31(24-13-5-1-6-14-24)41-23-29-36(28-21-22-28,45-34(40)27-19-11-4-12-20-27)30(43-32(38)25-15-7-2-8-16-25)35(42-29)44-33(39)26-17-9-3-10-18-26/h1-20,28-30,35H,21-23H2/t29-,30+,35?,36-/m1/s1. The van der Waals surface area contributed by atoms with Crippen LogP contribution < -0.4 is 0 Å². The molecule has 0 spiro atoms. The Balaban J connectivity index is 1.38. The molecular weight excluding hydrogens is 576 g/mol. The van der Waals surface area contributed by atoms with Crippen LogP contribution in [0.1, 0.15) is 54.3 Å². The summed E-state index contributed by atoms with van der Waals surface area (Å²) in [5.74, 6) is -3.13. The van der Waals surface area contributed by atoms with Gasteiger partial charge in [-0.15, -0.1) is 0 Å². The summed E-state index contributed by atoms with van der Waals surface area (Å²) in [5.41, 5.74) is -0.603. The van der Waals surface area contributed by atoms with E-state index >= 15 is 0 Å². The molecule has 1 unspecified atom stereocenters. The molecule has 1 heterocycles. The second-order valence-electron chi connectivity index (χ2n) is 10.8. The van der Waals surface area contributed by atoms with Gasteiger partial charge in [0.05, 0.1) is 22.3 Å². The fourth-order valence-corrected chi connectivity index (χ4v) is 5.49. The van der Waals surface area contributed by atoms with Crippen molar-refractivity contribution in [2.24, 2.45) is 5.92 Å². The van der Waals surface area contributed by atoms with E-state index in [0.29, 0.717) is 18.4 Å². The Morgan fingerprint density at radius 1 is 0.578 bits per heavy atom. The van der Waals surface area contributed by atoms with Crippen molar-refractivity contribution in [3.05, 3.63) is 144 Å². The van der Waals surface area contributed by atoms with Gasteiger partial charge in [0.15, 0.2) is 5.60 Å². The van der Waals surface area contributed by atoms with Crippen LogP contribution in [0.15, 0.2) is 121 Å². The third kappa shape index (κ3) is 6.49. The van der Waals surface area contributed by atoms with Gasteiger partial charge in [0, 0.05) is 5.92 Å². The first-order valence-corrected chi connectivity index (χ1v) is 14.6. The number of carbonyl (C=O) groups excluding carboxylic acids is 4. The molecule has 0 radical (unpaired) electrons. The summed E-state index contributed by atoms with van der Waals surface area (Å²) in [5, 5.41) is 0. The summed E-state index contributed by atoms with van der Waals surface area (Å²) in [4.78, 5) is 53.4. The third-order valence-electron chi connectivity index (χ3n) is 7.84. The van der Waals surface area contributed by atoms with Crippen molar-refractivity contribution in [3.8, 4) is 0 Å². The molecule has 1 saturated heterocycles. The van der Waals surface area contributed by atoms with Crippen molar-refractivity contribution < 1.29 is 42.9 Å². The monoisotopic (exact) mass is 606 g/mol. The van der Waals surface area contributed by atoms with Gasteiger partial charge < -0.3 is 23.7 Å². The van der Waals surface area contributed by atoms with Crippen LogP contribution in [0, 0.1) is 5.92 Å². The number of benzene rings is 4. The number of hydrogen-bond donors (Lipinski definition) is 0. The maximum Gasteiger partial charge on any atom is 0.340 e. The first kappa shape index (κ1) is 29.8. The van der Waals surface area contributed by atoms with Crippen molar-refractivity contribution in [3.63, 3.8) is 0 Å². The number of esters is 4. The zero-order valence-electron chi connectivity index (χ0n) is 24.2. The van der Waals surface area contributed by atoms with Crippen molar-refractivity contribution in [2.75, 3.05) is 6.61 Å². The van der Waals surface area contributed by atoms with Gasteiger partial charge in [-0.1, -0.05) is 72.8 Å². The van der Waals surface area contributed by atoms with Gasteiger partial charge in [0.1, 0.15) is 12.7 Å². The minimum Gasteiger partial charge on any atom is -0.459 e. The number of rotatable bonds is 10. The van der Waals surface area contributed by atoms with Gasteiger partial charge in [0.2, 0.25) is 12.4 Å². The second kappa shape index (κ2) is 13.2. The van der Waals surface area contributed by atoms with Gasteiger partial charge in [-0.25, -0.2) is 19.2 Å². The first-order chi connectivity index (χ1) is 22.0. The molecule has 4 aromatic rings. The molecular formula is C36H30O9. The van der Waals surface area contributed by atoms with E-state index in [-0.39, 0.29) is 29.2 Å². The second-order valence-corrected chi connectivity index (χ2v) is 10.8. The number of carbonyl (C=O) groups is 4. The molecule has 1 saturated carbocycles. The van der Waals surface area contributed by atoms with Crippen molar-refractivity contribution >= 4 is 23.9 Å². The van der Waals surface area contributed by atoms with Crippen LogP contribution in [0.25, 0.3) is 0 Å². The molecule has 1 aliphatic carbocycles. The van der Waals surface area contributed by atoms with E-state index in [1.54, 1.807) is 121 Å². The summed E-state index contributed by atoms with van der Waals surface area (Å²) in [6.07, 6.45) is -2.82. The fourth-order valence-electron chi connectivity index (χ4n) is 5.49. The molecule has 1 aliphatic heterocycles. The van der Waals surface area contributed by atoms with E-state index in [0.717, 1.165) is 0 Å². The van der Waals surface area contributed by atoms with Gasteiger partial charge >= 0.3 is 23.9 Å². The van der Waals surface area contributed by atoms with Crippen LogP contribution in [0.5, 0.6) is 0 Å². The van der Waals surface area contributed by atoms with Crippen LogP contribution in [-0.2, 0) is 23.7 Å². The molecule has 4 atom stereocenters. The van der Waals surface area contributed by atoms with E-state index in [2.05, 4.69) is 0 Å². The van der Waals surface area contributed by atoms with E-state index < -0.39 is 48.0 Å². The van der Waals surface area contributed by atoms with Gasteiger partial charge in [-0.3, -0.25) is 0 Å². The molecule has 4 aromatic carbocycles. The fraction of sp³-hybridized carbons (Fsp3) is 0.222. The first-order valence-electron chi connectivity index (χ1n) is 14.6. The zero-order chi connectivity index (χ0) is 31.2. The van der Waals surface area contributed by atoms with E-state index in [1.165, 1.54) is 0 Å². The Morgan fingerprint density at radius 2 is 1.00 bits per heavy atom. The highest BCUT2D eigenvalue weighted by atomic mass is 16.8. The van der Waals surface area contributed by atoms with Gasteiger partial charge in [-0.2, -0.15) is 0 Å². The summed E-state index contributed by atoms with van der Waals surface area (Å²) >= 11 is 0. The van der Waals surface area contributed by atoms with Crippen molar-refractivity contribution in [1.82, 2.24) is 0 Å². The molecule has 9 heteroatoms. The molecule has 9 nitrogen and oxygen atoms in total. The van der Waals surface area contributed by atoms with Gasteiger partial charge in [0.25, 0.3) is 0 Å². The molecule has 0 N–H and O–H groups in total. The Hall–Kier alpha value is -5.28. The highest BCUT2D eigenvalue weighted by Gasteiger charge is 2.69. The summed E-state index contributed by atoms with van der Waals surface area (Å²) in [6, 6.07) is 33.3. The van der Waals surface area contributed by atoms with Crippen molar-refractivity contribution in [2.45, 2.75) is 36.9 Å². The largest absolute Gasteiger partial charge is 0.459 e. The summed E-state index contributed by atoms with van der Waals surface area (Å²) in [7, 11) is 0. The zero-order valence-corrected chi connectivity index (χ0v) is 24.2. The van der Waals surface area contributed by atoms with Crippen LogP contribution >= 0.6 is 0 Å². The maximum atomic E-state index is 13.7. The smallest absolute Gasteiger partial charge is 0.340 e. The van der Waals surface area contributed by atoms with E-state index in [4.69, 9.17) is 23.7 Å². The third-order valence-corrected chi connectivity index (χ3v) is 7.84. The highest BCUT2D eigenvalue weighted by Crippen LogP contribution is 2.53. The molecule has 45 heavy (non-hydrogen) atoms. The van der Waals surface area contributed by atoms with E-state index in [1.807, 2.05) is 0 Å². The average molecular weight is 607 g/mol. The van der Waals surface area contributed by atoms with Crippen LogP contribution in [0.3, 0.4) is 0 Å². The Kier molecular flexibility index (Phi) is 8.70. The summed E-state index contributed by atoms with van der Waals surface area (Å²) < 4.78 is 30.1. The van der Waals surface area contributed by atoms with Gasteiger partial charge in [-0.05, 0) is 61.4 Å². The number of ether oxygens (including phenoxy) is 5. The SMILES string of the molecule is O=C(OC[C@H]1OC(OC(=O)c2ccccc2)[C@H](OC(=O)c2ccccc2)[C@@]1(OC(=O)c1ccccc1)C1CC1)c1ccccc1. The lowest BCUT2D eigenvalue weighted by molar-refractivity contribution is -0.142. The minimum atomic E-state index is -1.66. The van der Waals surface area contributed by atoms with Crippen LogP contribution in [0.4, 0.5) is 0 Å². The Labute approximate surface area is 259 Å². The molecule has 228 valence electrons. The average Bonchev–Trinajstić information content (AvgIpc) is 3.91. The maximum absolute atomic E-state index is 13.7. The minimum absolute atomic E-state index is 0.240. The molecule has 0 bridgehead atoms. The Bertz CT molecular complexity index is 1640. The number of hydrogen-bond acceptors (Lipinski definition) is 9. The predicted molar refractivity (Wildman–Crippen MR) is 160 cm³/mol. The normalized spacial score (nSPS) is 22.2. The Morgan fingerprint density at radius 3 is 1.47 bits per heavy atom. The molecule has 0 amide bonds. The van der Waals surface area contributed by atoms with E-state index in [9.17, 15) is 19.2 Å². The molecule has 2 aliphatic rings. The van der Waals surface area contributed by atoms with Crippen LogP contribution in [0.2, 0.25) is 0 Å². The lowest BCUT2D eigenvalue weighted by Crippen LogP contribution is -2.57. The lowest BCUT2D eigenvalue weighted by atomic mass is 9.86. The van der Waals surface area contributed by atoms with Crippen molar-refractivity contribution in [1.29, 1.82) is 0 Å². The molecule has 2 fully saturated rings. The molecule has 6 rings (SSSR count). The predicted octanol–water partition coefficient (Wildman–Crippen LogP) is 5.66.